The lowest BCUT2D eigenvalue weighted by Crippen LogP contribution is -2.50. The van der Waals surface area contributed by atoms with Crippen molar-refractivity contribution < 1.29 is 5.11 Å². The zero-order valence-electron chi connectivity index (χ0n) is 11.4. The standard InChI is InChI=1S/C13H28N2O/c1-5-6-14-7-9-15(10-8-14)11-13(3,4)12(2)16/h12,16H,5-11H2,1-4H3. The van der Waals surface area contributed by atoms with Crippen LogP contribution in [0.2, 0.25) is 0 Å². The van der Waals surface area contributed by atoms with Crippen LogP contribution in [0.4, 0.5) is 0 Å². The highest BCUT2D eigenvalue weighted by Gasteiger charge is 2.28. The number of piperazine rings is 1. The summed E-state index contributed by atoms with van der Waals surface area (Å²) < 4.78 is 0. The monoisotopic (exact) mass is 228 g/mol. The Bertz CT molecular complexity index is 196. The zero-order valence-corrected chi connectivity index (χ0v) is 11.4. The van der Waals surface area contributed by atoms with Gasteiger partial charge >= 0.3 is 0 Å². The normalized spacial score (nSPS) is 22.3. The minimum Gasteiger partial charge on any atom is -0.393 e. The minimum absolute atomic E-state index is 0.00687. The first-order valence-electron chi connectivity index (χ1n) is 6.58. The summed E-state index contributed by atoms with van der Waals surface area (Å²) in [6, 6.07) is 0. The van der Waals surface area contributed by atoms with E-state index in [9.17, 15) is 5.11 Å². The van der Waals surface area contributed by atoms with Crippen molar-refractivity contribution in [3.8, 4) is 0 Å². The fraction of sp³-hybridized carbons (Fsp3) is 1.00. The third-order valence-corrected chi connectivity index (χ3v) is 3.77. The molecule has 1 fully saturated rings. The topological polar surface area (TPSA) is 26.7 Å². The molecule has 0 radical (unpaired) electrons. The summed E-state index contributed by atoms with van der Waals surface area (Å²) in [5.74, 6) is 0. The Balaban J connectivity index is 2.32. The van der Waals surface area contributed by atoms with Gasteiger partial charge in [-0.1, -0.05) is 20.8 Å². The molecule has 1 rings (SSSR count). The lowest BCUT2D eigenvalue weighted by Gasteiger charge is -2.40. The van der Waals surface area contributed by atoms with Crippen molar-refractivity contribution in [1.29, 1.82) is 0 Å². The van der Waals surface area contributed by atoms with Gasteiger partial charge in [0.25, 0.3) is 0 Å². The molecule has 16 heavy (non-hydrogen) atoms. The van der Waals surface area contributed by atoms with Gasteiger partial charge in [0, 0.05) is 38.1 Å². The summed E-state index contributed by atoms with van der Waals surface area (Å²) in [5.41, 5.74) is 0.00687. The van der Waals surface area contributed by atoms with Crippen molar-refractivity contribution in [3.05, 3.63) is 0 Å². The van der Waals surface area contributed by atoms with Crippen LogP contribution >= 0.6 is 0 Å². The molecule has 3 nitrogen and oxygen atoms in total. The van der Waals surface area contributed by atoms with Gasteiger partial charge < -0.3 is 14.9 Å². The van der Waals surface area contributed by atoms with Crippen molar-refractivity contribution >= 4 is 0 Å². The molecule has 1 aliphatic heterocycles. The van der Waals surface area contributed by atoms with Gasteiger partial charge in [-0.15, -0.1) is 0 Å². The van der Waals surface area contributed by atoms with Crippen LogP contribution in [0.5, 0.6) is 0 Å². The molecule has 96 valence electrons. The van der Waals surface area contributed by atoms with Gasteiger partial charge in [0.1, 0.15) is 0 Å². The Morgan fingerprint density at radius 2 is 1.62 bits per heavy atom. The van der Waals surface area contributed by atoms with E-state index >= 15 is 0 Å². The smallest absolute Gasteiger partial charge is 0.0575 e. The van der Waals surface area contributed by atoms with Gasteiger partial charge in [0.2, 0.25) is 0 Å². The van der Waals surface area contributed by atoms with E-state index in [4.69, 9.17) is 0 Å². The summed E-state index contributed by atoms with van der Waals surface area (Å²) in [4.78, 5) is 5.02. The molecular formula is C13H28N2O. The van der Waals surface area contributed by atoms with Crippen LogP contribution in [-0.4, -0.2) is 60.3 Å². The highest BCUT2D eigenvalue weighted by atomic mass is 16.3. The van der Waals surface area contributed by atoms with Crippen LogP contribution in [0.25, 0.3) is 0 Å². The third-order valence-electron chi connectivity index (χ3n) is 3.77. The highest BCUT2D eigenvalue weighted by molar-refractivity contribution is 4.81. The molecule has 3 heteroatoms. The predicted molar refractivity (Wildman–Crippen MR) is 68.6 cm³/mol. The number of hydrogen-bond donors (Lipinski definition) is 1. The van der Waals surface area contributed by atoms with Gasteiger partial charge in [-0.2, -0.15) is 0 Å². The number of hydrogen-bond acceptors (Lipinski definition) is 3. The second kappa shape index (κ2) is 5.99. The summed E-state index contributed by atoms with van der Waals surface area (Å²) in [6.07, 6.45) is 1.01. The van der Waals surface area contributed by atoms with Crippen LogP contribution in [0, 0.1) is 5.41 Å². The third kappa shape index (κ3) is 4.04. The summed E-state index contributed by atoms with van der Waals surface area (Å²) >= 11 is 0. The second-order valence-electron chi connectivity index (χ2n) is 5.78. The molecule has 0 spiro atoms. The molecule has 0 amide bonds. The van der Waals surface area contributed by atoms with Crippen LogP contribution in [-0.2, 0) is 0 Å². The van der Waals surface area contributed by atoms with Crippen molar-refractivity contribution in [2.24, 2.45) is 5.41 Å². The largest absolute Gasteiger partial charge is 0.393 e. The van der Waals surface area contributed by atoms with E-state index in [-0.39, 0.29) is 11.5 Å². The molecule has 0 bridgehead atoms. The Labute approximate surface area is 100 Å². The van der Waals surface area contributed by atoms with Gasteiger partial charge in [0.05, 0.1) is 6.10 Å². The summed E-state index contributed by atoms with van der Waals surface area (Å²) in [5, 5.41) is 9.71. The van der Waals surface area contributed by atoms with Gasteiger partial charge in [-0.05, 0) is 19.9 Å². The quantitative estimate of drug-likeness (QED) is 0.771. The van der Waals surface area contributed by atoms with Gasteiger partial charge in [-0.3, -0.25) is 0 Å². The van der Waals surface area contributed by atoms with E-state index in [1.54, 1.807) is 0 Å². The highest BCUT2D eigenvalue weighted by Crippen LogP contribution is 2.22. The van der Waals surface area contributed by atoms with E-state index < -0.39 is 0 Å². The molecule has 1 heterocycles. The zero-order chi connectivity index (χ0) is 12.2. The average molecular weight is 228 g/mol. The second-order valence-corrected chi connectivity index (χ2v) is 5.78. The van der Waals surface area contributed by atoms with E-state index in [0.717, 1.165) is 19.6 Å². The van der Waals surface area contributed by atoms with E-state index in [2.05, 4.69) is 30.6 Å². The molecule has 1 N–H and O–H groups in total. The maximum Gasteiger partial charge on any atom is 0.0575 e. The first-order chi connectivity index (χ1) is 7.45. The molecular weight excluding hydrogens is 200 g/mol. The number of aliphatic hydroxyl groups excluding tert-OH is 1. The van der Waals surface area contributed by atoms with Gasteiger partial charge in [-0.25, -0.2) is 0 Å². The van der Waals surface area contributed by atoms with E-state index in [0.29, 0.717) is 0 Å². The molecule has 1 saturated heterocycles. The Morgan fingerprint density at radius 1 is 1.12 bits per heavy atom. The summed E-state index contributed by atoms with van der Waals surface area (Å²) in [7, 11) is 0. The van der Waals surface area contributed by atoms with E-state index in [1.165, 1.54) is 26.1 Å². The Morgan fingerprint density at radius 3 is 2.06 bits per heavy atom. The molecule has 0 aromatic rings. The molecule has 1 aliphatic rings. The molecule has 0 aromatic heterocycles. The van der Waals surface area contributed by atoms with Crippen molar-refractivity contribution in [2.75, 3.05) is 39.3 Å². The maximum atomic E-state index is 9.71. The van der Waals surface area contributed by atoms with Crippen LogP contribution in [0.3, 0.4) is 0 Å². The number of nitrogens with zero attached hydrogens (tertiary/aromatic N) is 2. The molecule has 1 atom stereocenters. The van der Waals surface area contributed by atoms with Gasteiger partial charge in [0.15, 0.2) is 0 Å². The predicted octanol–water partition coefficient (Wildman–Crippen LogP) is 1.42. The van der Waals surface area contributed by atoms with Crippen molar-refractivity contribution in [2.45, 2.75) is 40.2 Å². The molecule has 0 aromatic carbocycles. The molecule has 0 saturated carbocycles. The SMILES string of the molecule is CCCN1CCN(CC(C)(C)C(C)O)CC1. The van der Waals surface area contributed by atoms with E-state index in [1.807, 2.05) is 6.92 Å². The van der Waals surface area contributed by atoms with Crippen LogP contribution in [0.15, 0.2) is 0 Å². The van der Waals surface area contributed by atoms with Crippen LogP contribution in [0.1, 0.15) is 34.1 Å². The average Bonchev–Trinajstić information content (AvgIpc) is 2.21. The minimum atomic E-state index is -0.235. The number of rotatable bonds is 5. The fourth-order valence-corrected chi connectivity index (χ4v) is 2.20. The molecule has 0 aliphatic carbocycles. The first-order valence-corrected chi connectivity index (χ1v) is 6.58. The lowest BCUT2D eigenvalue weighted by molar-refractivity contribution is 0.0192. The lowest BCUT2D eigenvalue weighted by atomic mass is 9.86. The first kappa shape index (κ1) is 13.9. The van der Waals surface area contributed by atoms with Crippen molar-refractivity contribution in [1.82, 2.24) is 9.80 Å². The summed E-state index contributed by atoms with van der Waals surface area (Å²) in [6.45, 7) is 15.3. The molecule has 1 unspecified atom stereocenters. The van der Waals surface area contributed by atoms with Crippen LogP contribution < -0.4 is 0 Å². The van der Waals surface area contributed by atoms with Crippen molar-refractivity contribution in [3.63, 3.8) is 0 Å². The maximum absolute atomic E-state index is 9.71. The fourth-order valence-electron chi connectivity index (χ4n) is 2.20. The Kier molecular flexibility index (Phi) is 5.22. The number of aliphatic hydroxyl groups is 1. The Hall–Kier alpha value is -0.120.